The van der Waals surface area contributed by atoms with E-state index in [9.17, 15) is 9.59 Å². The number of hydrogen-bond donors (Lipinski definition) is 1. The molecule has 0 heterocycles. The molecule has 1 amide bonds. The Labute approximate surface area is 260 Å². The fraction of sp³-hybridized carbons (Fsp3) is 0.235. The summed E-state index contributed by atoms with van der Waals surface area (Å²) >= 11 is 3.41. The molecule has 4 rings (SSSR count). The molecule has 0 spiro atoms. The molecular formula is C34H34BrNO7. The van der Waals surface area contributed by atoms with Gasteiger partial charge in [0.1, 0.15) is 29.9 Å². The van der Waals surface area contributed by atoms with E-state index in [4.69, 9.17) is 23.7 Å². The van der Waals surface area contributed by atoms with Gasteiger partial charge in [-0.05, 0) is 47.5 Å². The Bertz CT molecular complexity index is 1480. The van der Waals surface area contributed by atoms with Gasteiger partial charge in [0.05, 0.1) is 32.5 Å². The molecule has 0 aromatic heterocycles. The van der Waals surface area contributed by atoms with Gasteiger partial charge in [-0.1, -0.05) is 76.6 Å². The van der Waals surface area contributed by atoms with Gasteiger partial charge in [-0.2, -0.15) is 0 Å². The van der Waals surface area contributed by atoms with E-state index in [0.717, 1.165) is 28.2 Å². The number of nitrogens with one attached hydrogen (secondary N) is 1. The SMILES string of the molecule is COCCOCCOc1ccc(Br)cc1C(=O)N[C@@H](Cc1ccc(-c2ccccc2Oc2ccccc2)cc1)C(=O)OC. The minimum atomic E-state index is -0.916. The lowest BCUT2D eigenvalue weighted by molar-refractivity contribution is -0.142. The Morgan fingerprint density at radius 2 is 1.51 bits per heavy atom. The smallest absolute Gasteiger partial charge is 0.328 e. The van der Waals surface area contributed by atoms with Crippen molar-refractivity contribution in [3.63, 3.8) is 0 Å². The van der Waals surface area contributed by atoms with Crippen molar-refractivity contribution in [2.45, 2.75) is 12.5 Å². The summed E-state index contributed by atoms with van der Waals surface area (Å²) in [7, 11) is 2.90. The topological polar surface area (TPSA) is 92.3 Å². The van der Waals surface area contributed by atoms with Gasteiger partial charge in [0, 0.05) is 23.6 Å². The van der Waals surface area contributed by atoms with Crippen molar-refractivity contribution >= 4 is 27.8 Å². The molecule has 9 heteroatoms. The van der Waals surface area contributed by atoms with Crippen molar-refractivity contribution in [3.05, 3.63) is 113 Å². The maximum atomic E-state index is 13.4. The molecule has 0 saturated heterocycles. The molecule has 0 aliphatic heterocycles. The van der Waals surface area contributed by atoms with Gasteiger partial charge in [-0.25, -0.2) is 4.79 Å². The molecule has 0 unspecified atom stereocenters. The first kappa shape index (κ1) is 31.7. The van der Waals surface area contributed by atoms with Crippen LogP contribution in [0.1, 0.15) is 15.9 Å². The number of ether oxygens (including phenoxy) is 5. The lowest BCUT2D eigenvalue weighted by Gasteiger charge is -2.19. The summed E-state index contributed by atoms with van der Waals surface area (Å²) in [5, 5.41) is 2.82. The van der Waals surface area contributed by atoms with E-state index in [1.165, 1.54) is 7.11 Å². The molecule has 0 saturated carbocycles. The van der Waals surface area contributed by atoms with Crippen molar-refractivity contribution < 1.29 is 33.3 Å². The minimum Gasteiger partial charge on any atom is -0.490 e. The van der Waals surface area contributed by atoms with E-state index >= 15 is 0 Å². The molecule has 1 N–H and O–H groups in total. The van der Waals surface area contributed by atoms with Gasteiger partial charge < -0.3 is 29.0 Å². The van der Waals surface area contributed by atoms with E-state index in [1.54, 1.807) is 25.3 Å². The summed E-state index contributed by atoms with van der Waals surface area (Å²) in [6.07, 6.45) is 0.235. The highest BCUT2D eigenvalue weighted by molar-refractivity contribution is 9.10. The van der Waals surface area contributed by atoms with Gasteiger partial charge >= 0.3 is 5.97 Å². The van der Waals surface area contributed by atoms with Crippen LogP contribution in [0.2, 0.25) is 0 Å². The van der Waals surface area contributed by atoms with Gasteiger partial charge in [-0.15, -0.1) is 0 Å². The van der Waals surface area contributed by atoms with Crippen LogP contribution in [-0.4, -0.2) is 58.6 Å². The zero-order valence-corrected chi connectivity index (χ0v) is 25.7. The lowest BCUT2D eigenvalue weighted by atomic mass is 9.99. The Morgan fingerprint density at radius 3 is 2.26 bits per heavy atom. The second-order valence-electron chi connectivity index (χ2n) is 9.46. The number of hydrogen-bond acceptors (Lipinski definition) is 7. The van der Waals surface area contributed by atoms with Crippen LogP contribution in [0.25, 0.3) is 11.1 Å². The Balaban J connectivity index is 1.45. The van der Waals surface area contributed by atoms with Gasteiger partial charge in [0.2, 0.25) is 0 Å². The average molecular weight is 649 g/mol. The number of rotatable bonds is 15. The van der Waals surface area contributed by atoms with Crippen LogP contribution < -0.4 is 14.8 Å². The molecular weight excluding hydrogens is 614 g/mol. The Kier molecular flexibility index (Phi) is 12.1. The quantitative estimate of drug-likeness (QED) is 0.117. The molecule has 224 valence electrons. The molecule has 1 atom stereocenters. The fourth-order valence-electron chi connectivity index (χ4n) is 4.30. The minimum absolute atomic E-state index is 0.235. The molecule has 0 aliphatic rings. The summed E-state index contributed by atoms with van der Waals surface area (Å²) in [6, 6.07) is 29.4. The van der Waals surface area contributed by atoms with Gasteiger partial charge in [0.15, 0.2) is 0 Å². The number of halogens is 1. The van der Waals surface area contributed by atoms with Gasteiger partial charge in [-0.3, -0.25) is 4.79 Å². The summed E-state index contributed by atoms with van der Waals surface area (Å²) < 4.78 is 28.0. The third kappa shape index (κ3) is 9.41. The summed E-state index contributed by atoms with van der Waals surface area (Å²) in [5.41, 5.74) is 3.02. The third-order valence-electron chi connectivity index (χ3n) is 6.46. The second kappa shape index (κ2) is 16.5. The van der Waals surface area contributed by atoms with Crippen molar-refractivity contribution in [2.75, 3.05) is 40.6 Å². The van der Waals surface area contributed by atoms with Crippen molar-refractivity contribution in [1.29, 1.82) is 0 Å². The van der Waals surface area contributed by atoms with Crippen LogP contribution in [0.4, 0.5) is 0 Å². The fourth-order valence-corrected chi connectivity index (χ4v) is 4.66. The largest absolute Gasteiger partial charge is 0.490 e. The monoisotopic (exact) mass is 647 g/mol. The van der Waals surface area contributed by atoms with E-state index in [2.05, 4.69) is 21.2 Å². The maximum absolute atomic E-state index is 13.4. The van der Waals surface area contributed by atoms with Crippen LogP contribution in [0.5, 0.6) is 17.2 Å². The molecule has 4 aromatic rings. The van der Waals surface area contributed by atoms with Crippen LogP contribution in [0.3, 0.4) is 0 Å². The van der Waals surface area contributed by atoms with Crippen LogP contribution in [-0.2, 0) is 25.4 Å². The van der Waals surface area contributed by atoms with E-state index < -0.39 is 17.9 Å². The zero-order valence-electron chi connectivity index (χ0n) is 24.1. The maximum Gasteiger partial charge on any atom is 0.328 e. The first-order valence-electron chi connectivity index (χ1n) is 13.8. The van der Waals surface area contributed by atoms with Crippen LogP contribution in [0.15, 0.2) is 102 Å². The first-order chi connectivity index (χ1) is 21.0. The predicted molar refractivity (Wildman–Crippen MR) is 168 cm³/mol. The first-order valence-corrected chi connectivity index (χ1v) is 14.6. The van der Waals surface area contributed by atoms with Crippen molar-refractivity contribution in [1.82, 2.24) is 5.32 Å². The second-order valence-corrected chi connectivity index (χ2v) is 10.4. The van der Waals surface area contributed by atoms with Crippen LogP contribution >= 0.6 is 15.9 Å². The molecule has 43 heavy (non-hydrogen) atoms. The normalized spacial score (nSPS) is 11.4. The average Bonchev–Trinajstić information content (AvgIpc) is 3.03. The molecule has 0 aliphatic carbocycles. The van der Waals surface area contributed by atoms with E-state index in [-0.39, 0.29) is 18.6 Å². The number of benzene rings is 4. The van der Waals surface area contributed by atoms with Crippen LogP contribution in [0, 0.1) is 0 Å². The summed E-state index contributed by atoms with van der Waals surface area (Å²) in [4.78, 5) is 26.1. The molecule has 8 nitrogen and oxygen atoms in total. The molecule has 4 aromatic carbocycles. The highest BCUT2D eigenvalue weighted by Crippen LogP contribution is 2.33. The standard InChI is InChI=1S/C34H34BrNO7/c1-39-18-19-41-20-21-42-31-17-16-26(35)23-29(31)33(37)36-30(34(38)40-2)22-24-12-14-25(15-13-24)28-10-6-7-11-32(28)43-27-8-4-3-5-9-27/h3-17,23,30H,18-22H2,1-2H3,(H,36,37)/t30-/m0/s1. The number of carbonyl (C=O) groups excluding carboxylic acids is 2. The molecule has 0 radical (unpaired) electrons. The van der Waals surface area contributed by atoms with E-state index in [0.29, 0.717) is 30.0 Å². The van der Waals surface area contributed by atoms with E-state index in [1.807, 2.05) is 78.9 Å². The number of esters is 1. The lowest BCUT2D eigenvalue weighted by Crippen LogP contribution is -2.43. The van der Waals surface area contributed by atoms with Crippen molar-refractivity contribution in [3.8, 4) is 28.4 Å². The molecule has 0 fully saturated rings. The number of methoxy groups -OCH3 is 2. The Morgan fingerprint density at radius 1 is 0.791 bits per heavy atom. The number of carbonyl (C=O) groups is 2. The van der Waals surface area contributed by atoms with Gasteiger partial charge in [0.25, 0.3) is 5.91 Å². The summed E-state index contributed by atoms with van der Waals surface area (Å²) in [6.45, 7) is 1.52. The highest BCUT2D eigenvalue weighted by atomic mass is 79.9. The summed E-state index contributed by atoms with van der Waals surface area (Å²) in [5.74, 6) is 0.839. The number of para-hydroxylation sites is 2. The predicted octanol–water partition coefficient (Wildman–Crippen LogP) is 6.46. The highest BCUT2D eigenvalue weighted by Gasteiger charge is 2.24. The third-order valence-corrected chi connectivity index (χ3v) is 6.95. The zero-order chi connectivity index (χ0) is 30.4. The number of amides is 1. The molecule has 0 bridgehead atoms. The Hall–Kier alpha value is -4.18. The van der Waals surface area contributed by atoms with Crippen molar-refractivity contribution in [2.24, 2.45) is 0 Å².